The number of hydrogen-bond donors (Lipinski definition) is 0. The van der Waals surface area contributed by atoms with Crippen molar-refractivity contribution in [3.63, 3.8) is 0 Å². The van der Waals surface area contributed by atoms with Gasteiger partial charge in [-0.3, -0.25) is 4.79 Å². The number of ketones is 1. The summed E-state index contributed by atoms with van der Waals surface area (Å²) in [6.45, 7) is 4.79. The average molecular weight is 206 g/mol. The van der Waals surface area contributed by atoms with E-state index in [9.17, 15) is 4.79 Å². The van der Waals surface area contributed by atoms with Gasteiger partial charge < -0.3 is 4.74 Å². The van der Waals surface area contributed by atoms with E-state index in [0.717, 1.165) is 23.3 Å². The van der Waals surface area contributed by atoms with E-state index in [2.05, 4.69) is 19.9 Å². The summed E-state index contributed by atoms with van der Waals surface area (Å²) in [5.74, 6) is 1.71. The second kappa shape index (κ2) is 4.21. The highest BCUT2D eigenvalue weighted by molar-refractivity contribution is 5.97. The lowest BCUT2D eigenvalue weighted by Gasteiger charge is -2.28. The van der Waals surface area contributed by atoms with Crippen molar-refractivity contribution in [1.82, 2.24) is 0 Å². The lowest BCUT2D eigenvalue weighted by molar-refractivity contribution is -0.118. The standard InChI is InChI=1S/C13H18O2/c1-3-4-10-7-9(2)13-11(8-10)12(14)5-6-15-13/h7,10H,3-6,8H2,1-2H3. The molecular weight excluding hydrogens is 188 g/mol. The number of hydrogen-bond acceptors (Lipinski definition) is 2. The second-order valence-corrected chi connectivity index (χ2v) is 4.43. The molecule has 82 valence electrons. The molecule has 2 heteroatoms. The maximum atomic E-state index is 11.8. The van der Waals surface area contributed by atoms with Gasteiger partial charge in [-0.25, -0.2) is 0 Å². The maximum Gasteiger partial charge on any atom is 0.165 e. The molecule has 1 aliphatic carbocycles. The van der Waals surface area contributed by atoms with Crippen molar-refractivity contribution in [2.24, 2.45) is 5.92 Å². The van der Waals surface area contributed by atoms with Crippen LogP contribution in [-0.4, -0.2) is 12.4 Å². The third-order valence-electron chi connectivity index (χ3n) is 3.16. The Kier molecular flexibility index (Phi) is 2.94. The van der Waals surface area contributed by atoms with Crippen LogP contribution in [0.15, 0.2) is 23.0 Å². The van der Waals surface area contributed by atoms with Crippen LogP contribution in [0.2, 0.25) is 0 Å². The molecular formula is C13H18O2. The van der Waals surface area contributed by atoms with Crippen LogP contribution < -0.4 is 0 Å². The smallest absolute Gasteiger partial charge is 0.165 e. The van der Waals surface area contributed by atoms with Gasteiger partial charge in [-0.1, -0.05) is 19.4 Å². The zero-order chi connectivity index (χ0) is 10.8. The molecule has 0 radical (unpaired) electrons. The molecule has 2 rings (SSSR count). The fraction of sp³-hybridized carbons (Fsp3) is 0.615. The molecule has 0 N–H and O–H groups in total. The Morgan fingerprint density at radius 2 is 2.33 bits per heavy atom. The minimum Gasteiger partial charge on any atom is -0.492 e. The van der Waals surface area contributed by atoms with Gasteiger partial charge in [-0.05, 0) is 31.3 Å². The molecule has 1 heterocycles. The first-order chi connectivity index (χ1) is 7.22. The summed E-state index contributed by atoms with van der Waals surface area (Å²) in [6.07, 6.45) is 6.05. The molecule has 1 atom stereocenters. The molecule has 0 aromatic rings. The Balaban J connectivity index is 2.24. The third-order valence-corrected chi connectivity index (χ3v) is 3.16. The molecule has 0 saturated heterocycles. The summed E-state index contributed by atoms with van der Waals surface area (Å²) < 4.78 is 5.58. The average Bonchev–Trinajstić information content (AvgIpc) is 2.20. The van der Waals surface area contributed by atoms with Crippen LogP contribution in [-0.2, 0) is 9.53 Å². The maximum absolute atomic E-state index is 11.8. The summed E-state index contributed by atoms with van der Waals surface area (Å²) in [6, 6.07) is 0. The van der Waals surface area contributed by atoms with E-state index >= 15 is 0 Å². The van der Waals surface area contributed by atoms with Crippen LogP contribution in [0.4, 0.5) is 0 Å². The number of allylic oxidation sites excluding steroid dienone is 3. The van der Waals surface area contributed by atoms with Crippen molar-refractivity contribution in [2.75, 3.05) is 6.61 Å². The van der Waals surface area contributed by atoms with Gasteiger partial charge in [0, 0.05) is 12.0 Å². The van der Waals surface area contributed by atoms with Crippen LogP contribution in [0.5, 0.6) is 0 Å². The van der Waals surface area contributed by atoms with E-state index < -0.39 is 0 Å². The fourth-order valence-electron chi connectivity index (χ4n) is 2.48. The summed E-state index contributed by atoms with van der Waals surface area (Å²) in [5, 5.41) is 0. The van der Waals surface area contributed by atoms with E-state index in [1.165, 1.54) is 12.8 Å². The van der Waals surface area contributed by atoms with E-state index in [0.29, 0.717) is 24.7 Å². The van der Waals surface area contributed by atoms with E-state index in [1.54, 1.807) is 0 Å². The Labute approximate surface area is 91.0 Å². The van der Waals surface area contributed by atoms with Crippen molar-refractivity contribution in [2.45, 2.75) is 39.5 Å². The summed E-state index contributed by atoms with van der Waals surface area (Å²) in [4.78, 5) is 11.8. The Bertz CT molecular complexity index is 336. The fourth-order valence-corrected chi connectivity index (χ4v) is 2.48. The van der Waals surface area contributed by atoms with Crippen LogP contribution in [0.3, 0.4) is 0 Å². The van der Waals surface area contributed by atoms with Crippen molar-refractivity contribution < 1.29 is 9.53 Å². The number of rotatable bonds is 2. The lowest BCUT2D eigenvalue weighted by atomic mass is 9.83. The van der Waals surface area contributed by atoms with Crippen molar-refractivity contribution in [3.8, 4) is 0 Å². The molecule has 0 aromatic carbocycles. The Morgan fingerprint density at radius 1 is 1.53 bits per heavy atom. The normalized spacial score (nSPS) is 25.9. The minimum atomic E-state index is 0.296. The zero-order valence-corrected chi connectivity index (χ0v) is 9.51. The number of Topliss-reactive ketones (excluding diaryl/α,β-unsaturated/α-hetero) is 1. The lowest BCUT2D eigenvalue weighted by Crippen LogP contribution is -2.22. The molecule has 0 spiro atoms. The molecule has 15 heavy (non-hydrogen) atoms. The quantitative estimate of drug-likeness (QED) is 0.694. The topological polar surface area (TPSA) is 26.3 Å². The number of carbonyl (C=O) groups is 1. The zero-order valence-electron chi connectivity index (χ0n) is 9.51. The molecule has 1 aliphatic heterocycles. The van der Waals surface area contributed by atoms with Gasteiger partial charge >= 0.3 is 0 Å². The van der Waals surface area contributed by atoms with Gasteiger partial charge in [0.1, 0.15) is 5.76 Å². The van der Waals surface area contributed by atoms with Crippen LogP contribution in [0.25, 0.3) is 0 Å². The molecule has 2 aliphatic rings. The summed E-state index contributed by atoms with van der Waals surface area (Å²) >= 11 is 0. The van der Waals surface area contributed by atoms with Gasteiger partial charge in [-0.15, -0.1) is 0 Å². The second-order valence-electron chi connectivity index (χ2n) is 4.43. The Morgan fingerprint density at radius 3 is 3.07 bits per heavy atom. The first-order valence-corrected chi connectivity index (χ1v) is 5.80. The number of carbonyl (C=O) groups excluding carboxylic acids is 1. The molecule has 0 aromatic heterocycles. The predicted molar refractivity (Wildman–Crippen MR) is 59.4 cm³/mol. The molecule has 0 amide bonds. The SMILES string of the molecule is CCCC1C=C(C)C2=C(C1)C(=O)CCO2. The van der Waals surface area contributed by atoms with E-state index in [4.69, 9.17) is 4.74 Å². The third kappa shape index (κ3) is 1.99. The van der Waals surface area contributed by atoms with E-state index in [-0.39, 0.29) is 0 Å². The minimum absolute atomic E-state index is 0.296. The molecule has 0 fully saturated rings. The molecule has 0 saturated carbocycles. The highest BCUT2D eigenvalue weighted by Crippen LogP contribution is 2.34. The van der Waals surface area contributed by atoms with Crippen molar-refractivity contribution >= 4 is 5.78 Å². The van der Waals surface area contributed by atoms with Crippen LogP contribution in [0, 0.1) is 5.92 Å². The highest BCUT2D eigenvalue weighted by Gasteiger charge is 2.28. The summed E-state index contributed by atoms with van der Waals surface area (Å²) in [7, 11) is 0. The first-order valence-electron chi connectivity index (χ1n) is 5.80. The van der Waals surface area contributed by atoms with Gasteiger partial charge in [0.05, 0.1) is 6.61 Å². The van der Waals surface area contributed by atoms with Crippen molar-refractivity contribution in [3.05, 3.63) is 23.0 Å². The van der Waals surface area contributed by atoms with E-state index in [1.807, 2.05) is 0 Å². The molecule has 1 unspecified atom stereocenters. The van der Waals surface area contributed by atoms with Gasteiger partial charge in [0.25, 0.3) is 0 Å². The van der Waals surface area contributed by atoms with Crippen molar-refractivity contribution in [1.29, 1.82) is 0 Å². The largest absolute Gasteiger partial charge is 0.492 e. The predicted octanol–water partition coefficient (Wildman–Crippen LogP) is 3.00. The number of ether oxygens (including phenoxy) is 1. The molecule has 0 bridgehead atoms. The van der Waals surface area contributed by atoms with Gasteiger partial charge in [0.2, 0.25) is 0 Å². The van der Waals surface area contributed by atoms with Gasteiger partial charge in [0.15, 0.2) is 5.78 Å². The van der Waals surface area contributed by atoms with Crippen LogP contribution in [0.1, 0.15) is 39.5 Å². The van der Waals surface area contributed by atoms with Gasteiger partial charge in [-0.2, -0.15) is 0 Å². The first kappa shape index (κ1) is 10.5. The monoisotopic (exact) mass is 206 g/mol. The Hall–Kier alpha value is -1.05. The highest BCUT2D eigenvalue weighted by atomic mass is 16.5. The molecule has 2 nitrogen and oxygen atoms in total. The van der Waals surface area contributed by atoms with Crippen LogP contribution >= 0.6 is 0 Å². The summed E-state index contributed by atoms with van der Waals surface area (Å²) in [5.41, 5.74) is 2.10.